The SMILES string of the molecule is O=C1C[C@H]2CCN(C(=O)COc3ccccc3)C[C@@H]2CCN1CCN1CCOCC1. The number of ether oxygens (including phenoxy) is 2. The van der Waals surface area contributed by atoms with Gasteiger partial charge in [-0.25, -0.2) is 0 Å². The van der Waals surface area contributed by atoms with Crippen molar-refractivity contribution in [3.05, 3.63) is 30.3 Å². The fourth-order valence-electron chi connectivity index (χ4n) is 4.78. The minimum absolute atomic E-state index is 0.0389. The molecule has 4 rings (SSSR count). The largest absolute Gasteiger partial charge is 0.484 e. The maximum absolute atomic E-state index is 12.8. The zero-order valence-electron chi connectivity index (χ0n) is 17.7. The average molecular weight is 416 g/mol. The Morgan fingerprint density at radius 2 is 1.77 bits per heavy atom. The molecule has 30 heavy (non-hydrogen) atoms. The topological polar surface area (TPSA) is 62.3 Å². The number of carbonyl (C=O) groups is 2. The van der Waals surface area contributed by atoms with Crippen molar-refractivity contribution in [2.45, 2.75) is 19.3 Å². The first-order valence-electron chi connectivity index (χ1n) is 11.2. The normalized spacial score (nSPS) is 25.5. The van der Waals surface area contributed by atoms with Crippen LogP contribution in [0, 0.1) is 11.8 Å². The molecule has 3 saturated heterocycles. The van der Waals surface area contributed by atoms with Crippen molar-refractivity contribution in [3.63, 3.8) is 0 Å². The molecule has 0 radical (unpaired) electrons. The third-order valence-electron chi connectivity index (χ3n) is 6.70. The molecule has 3 aliphatic rings. The summed E-state index contributed by atoms with van der Waals surface area (Å²) in [5.74, 6) is 1.83. The molecule has 0 N–H and O–H groups in total. The lowest BCUT2D eigenvalue weighted by Gasteiger charge is -2.37. The number of piperidine rings is 1. The maximum Gasteiger partial charge on any atom is 0.260 e. The van der Waals surface area contributed by atoms with Gasteiger partial charge in [0.2, 0.25) is 5.91 Å². The standard InChI is InChI=1S/C23H33N3O4/c27-22-16-19-6-9-26(23(28)18-30-21-4-2-1-3-5-21)17-20(19)7-8-25(22)11-10-24-12-14-29-15-13-24/h1-5,19-20H,6-18H2/t19-,20+/m1/s1. The fourth-order valence-corrected chi connectivity index (χ4v) is 4.78. The van der Waals surface area contributed by atoms with Gasteiger partial charge in [0, 0.05) is 52.2 Å². The summed E-state index contributed by atoms with van der Waals surface area (Å²) in [6.45, 7) is 7.54. The van der Waals surface area contributed by atoms with E-state index in [2.05, 4.69) is 4.90 Å². The third-order valence-corrected chi connectivity index (χ3v) is 6.70. The minimum Gasteiger partial charge on any atom is -0.484 e. The van der Waals surface area contributed by atoms with Gasteiger partial charge in [-0.15, -0.1) is 0 Å². The zero-order valence-corrected chi connectivity index (χ0v) is 17.7. The van der Waals surface area contributed by atoms with Crippen LogP contribution in [0.25, 0.3) is 0 Å². The molecule has 0 bridgehead atoms. The molecule has 1 aromatic rings. The van der Waals surface area contributed by atoms with Gasteiger partial charge in [0.15, 0.2) is 6.61 Å². The number of likely N-dealkylation sites (tertiary alicyclic amines) is 2. The van der Waals surface area contributed by atoms with E-state index in [1.165, 1.54) is 0 Å². The lowest BCUT2D eigenvalue weighted by Crippen LogP contribution is -2.45. The molecule has 0 saturated carbocycles. The van der Waals surface area contributed by atoms with Crippen molar-refractivity contribution in [2.24, 2.45) is 11.8 Å². The number of rotatable bonds is 6. The minimum atomic E-state index is 0.0389. The van der Waals surface area contributed by atoms with Gasteiger partial charge in [-0.05, 0) is 36.8 Å². The van der Waals surface area contributed by atoms with E-state index in [-0.39, 0.29) is 18.4 Å². The van der Waals surface area contributed by atoms with Crippen LogP contribution in [0.2, 0.25) is 0 Å². The molecule has 7 nitrogen and oxygen atoms in total. The molecule has 1 aromatic carbocycles. The number of amides is 2. The predicted molar refractivity (Wildman–Crippen MR) is 113 cm³/mol. The van der Waals surface area contributed by atoms with Gasteiger partial charge >= 0.3 is 0 Å². The van der Waals surface area contributed by atoms with Crippen LogP contribution in [-0.2, 0) is 14.3 Å². The zero-order chi connectivity index (χ0) is 20.8. The summed E-state index contributed by atoms with van der Waals surface area (Å²) >= 11 is 0. The number of nitrogens with zero attached hydrogens (tertiary/aromatic N) is 3. The highest BCUT2D eigenvalue weighted by Crippen LogP contribution is 2.32. The first-order valence-corrected chi connectivity index (χ1v) is 11.2. The second kappa shape index (κ2) is 10.3. The number of fused-ring (bicyclic) bond motifs is 1. The van der Waals surface area contributed by atoms with Crippen LogP contribution in [0.3, 0.4) is 0 Å². The summed E-state index contributed by atoms with van der Waals surface area (Å²) in [5, 5.41) is 0. The highest BCUT2D eigenvalue weighted by molar-refractivity contribution is 5.78. The monoisotopic (exact) mass is 415 g/mol. The number of morpholine rings is 1. The Kier molecular flexibility index (Phi) is 7.23. The smallest absolute Gasteiger partial charge is 0.260 e. The van der Waals surface area contributed by atoms with Crippen LogP contribution >= 0.6 is 0 Å². The van der Waals surface area contributed by atoms with Crippen LogP contribution in [0.15, 0.2) is 30.3 Å². The summed E-state index contributed by atoms with van der Waals surface area (Å²) in [7, 11) is 0. The van der Waals surface area contributed by atoms with E-state index >= 15 is 0 Å². The van der Waals surface area contributed by atoms with E-state index in [4.69, 9.17) is 9.47 Å². The molecule has 0 aliphatic carbocycles. The molecule has 3 heterocycles. The highest BCUT2D eigenvalue weighted by atomic mass is 16.5. The first-order chi connectivity index (χ1) is 14.7. The summed E-state index contributed by atoms with van der Waals surface area (Å²) in [6.07, 6.45) is 2.50. The number of hydrogen-bond donors (Lipinski definition) is 0. The quantitative estimate of drug-likeness (QED) is 0.704. The van der Waals surface area contributed by atoms with Gasteiger partial charge in [-0.1, -0.05) is 18.2 Å². The van der Waals surface area contributed by atoms with E-state index in [0.29, 0.717) is 18.3 Å². The van der Waals surface area contributed by atoms with Gasteiger partial charge in [-0.3, -0.25) is 14.5 Å². The first kappa shape index (κ1) is 21.1. The number of para-hydroxylation sites is 1. The Morgan fingerprint density at radius 1 is 1.00 bits per heavy atom. The highest BCUT2D eigenvalue weighted by Gasteiger charge is 2.36. The lowest BCUT2D eigenvalue weighted by molar-refractivity contribution is -0.136. The van der Waals surface area contributed by atoms with Crippen molar-refractivity contribution in [2.75, 3.05) is 65.6 Å². The van der Waals surface area contributed by atoms with Crippen molar-refractivity contribution in [3.8, 4) is 5.75 Å². The molecule has 2 atom stereocenters. The van der Waals surface area contributed by atoms with Gasteiger partial charge in [0.25, 0.3) is 5.91 Å². The van der Waals surface area contributed by atoms with Crippen LogP contribution in [0.4, 0.5) is 0 Å². The van der Waals surface area contributed by atoms with Crippen molar-refractivity contribution in [1.29, 1.82) is 0 Å². The molecule has 0 spiro atoms. The van der Waals surface area contributed by atoms with Crippen LogP contribution in [0.5, 0.6) is 5.75 Å². The lowest BCUT2D eigenvalue weighted by atomic mass is 9.82. The summed E-state index contributed by atoms with van der Waals surface area (Å²) in [5.41, 5.74) is 0. The second-order valence-electron chi connectivity index (χ2n) is 8.58. The van der Waals surface area contributed by atoms with Crippen molar-refractivity contribution in [1.82, 2.24) is 14.7 Å². The van der Waals surface area contributed by atoms with E-state index in [1.807, 2.05) is 40.1 Å². The Balaban J connectivity index is 1.25. The Hall–Kier alpha value is -2.12. The number of hydrogen-bond acceptors (Lipinski definition) is 5. The summed E-state index contributed by atoms with van der Waals surface area (Å²) in [4.78, 5) is 31.8. The Labute approximate surface area is 178 Å². The molecule has 0 unspecified atom stereocenters. The molecule has 164 valence electrons. The van der Waals surface area contributed by atoms with E-state index in [1.54, 1.807) is 0 Å². The van der Waals surface area contributed by atoms with E-state index in [9.17, 15) is 9.59 Å². The molecule has 3 fully saturated rings. The molecule has 3 aliphatic heterocycles. The molecule has 0 aromatic heterocycles. The number of carbonyl (C=O) groups excluding carboxylic acids is 2. The van der Waals surface area contributed by atoms with Gasteiger partial charge < -0.3 is 19.3 Å². The second-order valence-corrected chi connectivity index (χ2v) is 8.58. The van der Waals surface area contributed by atoms with Crippen LogP contribution < -0.4 is 4.74 Å². The summed E-state index contributed by atoms with van der Waals surface area (Å²) in [6, 6.07) is 9.46. The van der Waals surface area contributed by atoms with Crippen molar-refractivity contribution < 1.29 is 19.1 Å². The van der Waals surface area contributed by atoms with E-state index in [0.717, 1.165) is 77.6 Å². The average Bonchev–Trinajstić information content (AvgIpc) is 2.95. The maximum atomic E-state index is 12.8. The number of benzene rings is 1. The molecular weight excluding hydrogens is 382 g/mol. The fraction of sp³-hybridized carbons (Fsp3) is 0.652. The molecule has 7 heteroatoms. The molecule has 2 amide bonds. The van der Waals surface area contributed by atoms with Gasteiger partial charge in [0.05, 0.1) is 13.2 Å². The third kappa shape index (κ3) is 5.52. The van der Waals surface area contributed by atoms with Crippen LogP contribution in [0.1, 0.15) is 19.3 Å². The van der Waals surface area contributed by atoms with E-state index < -0.39 is 0 Å². The Morgan fingerprint density at radius 3 is 2.57 bits per heavy atom. The van der Waals surface area contributed by atoms with Crippen molar-refractivity contribution >= 4 is 11.8 Å². The summed E-state index contributed by atoms with van der Waals surface area (Å²) < 4.78 is 11.0. The predicted octanol–water partition coefficient (Wildman–Crippen LogP) is 1.48. The Bertz CT molecular complexity index is 708. The van der Waals surface area contributed by atoms with Gasteiger partial charge in [-0.2, -0.15) is 0 Å². The van der Waals surface area contributed by atoms with Crippen LogP contribution in [-0.4, -0.2) is 92.1 Å². The van der Waals surface area contributed by atoms with Gasteiger partial charge in [0.1, 0.15) is 5.75 Å². The molecular formula is C23H33N3O4.